The van der Waals surface area contributed by atoms with Crippen LogP contribution >= 0.6 is 0 Å². The molecule has 1 heterocycles. The molecular formula is C23H28N4O4. The van der Waals surface area contributed by atoms with Crippen LogP contribution in [0.5, 0.6) is 5.75 Å². The number of hydrazone groups is 1. The average molecular weight is 425 g/mol. The van der Waals surface area contributed by atoms with Crippen molar-refractivity contribution in [2.24, 2.45) is 5.10 Å². The first-order valence-corrected chi connectivity index (χ1v) is 10.2. The molecule has 2 aromatic carbocycles. The molecule has 1 atom stereocenters. The molecule has 0 saturated carbocycles. The van der Waals surface area contributed by atoms with Gasteiger partial charge in [0.05, 0.1) is 11.1 Å². The predicted octanol–water partition coefficient (Wildman–Crippen LogP) is 4.15. The Bertz CT molecular complexity index is 1030. The van der Waals surface area contributed by atoms with Gasteiger partial charge >= 0.3 is 5.69 Å². The molecule has 8 heteroatoms. The van der Waals surface area contributed by atoms with E-state index in [1.54, 1.807) is 12.3 Å². The molecule has 1 aliphatic rings. The Hall–Kier alpha value is -3.42. The van der Waals surface area contributed by atoms with Crippen LogP contribution in [0.25, 0.3) is 0 Å². The molecule has 0 bridgehead atoms. The number of para-hydroxylation sites is 2. The number of aryl methyl sites for hydroxylation is 1. The van der Waals surface area contributed by atoms with Gasteiger partial charge < -0.3 is 9.64 Å². The molecule has 0 aliphatic carbocycles. The first kappa shape index (κ1) is 22.3. The van der Waals surface area contributed by atoms with Crippen molar-refractivity contribution in [3.63, 3.8) is 0 Å². The summed E-state index contributed by atoms with van der Waals surface area (Å²) in [6, 6.07) is 10.2. The third-order valence-corrected chi connectivity index (χ3v) is 5.83. The average Bonchev–Trinajstić information content (AvgIpc) is 2.71. The predicted molar refractivity (Wildman–Crippen MR) is 121 cm³/mol. The topological polar surface area (TPSA) is 97.1 Å². The maximum atomic E-state index is 12.0. The molecule has 1 N–H and O–H groups in total. The quantitative estimate of drug-likeness (QED) is 0.427. The van der Waals surface area contributed by atoms with E-state index < -0.39 is 10.8 Å². The zero-order valence-corrected chi connectivity index (χ0v) is 18.5. The molecule has 0 saturated heterocycles. The number of carbonyl (C=O) groups is 1. The maximum Gasteiger partial charge on any atom is 0.310 e. The highest BCUT2D eigenvalue weighted by Crippen LogP contribution is 2.43. The summed E-state index contributed by atoms with van der Waals surface area (Å²) in [5.41, 5.74) is 6.80. The van der Waals surface area contributed by atoms with Crippen LogP contribution in [0.4, 0.5) is 11.4 Å². The summed E-state index contributed by atoms with van der Waals surface area (Å²) in [4.78, 5) is 24.8. The largest absolute Gasteiger partial charge is 0.477 e. The number of nitrogens with one attached hydrogen (secondary N) is 1. The number of nitro groups is 1. The van der Waals surface area contributed by atoms with Gasteiger partial charge in [0.1, 0.15) is 0 Å². The van der Waals surface area contributed by atoms with Gasteiger partial charge in [0.2, 0.25) is 0 Å². The molecule has 1 aliphatic heterocycles. The molecule has 1 amide bonds. The lowest BCUT2D eigenvalue weighted by Crippen LogP contribution is -2.45. The number of fused-ring (bicyclic) bond motifs is 1. The Balaban J connectivity index is 1.66. The van der Waals surface area contributed by atoms with Crippen LogP contribution in [0.2, 0.25) is 0 Å². The van der Waals surface area contributed by atoms with Gasteiger partial charge in [0.15, 0.2) is 12.4 Å². The summed E-state index contributed by atoms with van der Waals surface area (Å²) in [5, 5.41) is 15.0. The van der Waals surface area contributed by atoms with E-state index in [-0.39, 0.29) is 23.6 Å². The fraction of sp³-hybridized carbons (Fsp3) is 0.391. The Morgan fingerprint density at radius 3 is 2.81 bits per heavy atom. The van der Waals surface area contributed by atoms with Gasteiger partial charge in [0.25, 0.3) is 5.91 Å². The molecule has 0 spiro atoms. The molecule has 3 rings (SSSR count). The van der Waals surface area contributed by atoms with E-state index in [4.69, 9.17) is 4.74 Å². The van der Waals surface area contributed by atoms with Crippen LogP contribution in [-0.2, 0) is 4.79 Å². The number of hydrogen-bond acceptors (Lipinski definition) is 6. The molecule has 8 nitrogen and oxygen atoms in total. The Kier molecular flexibility index (Phi) is 6.29. The van der Waals surface area contributed by atoms with Crippen LogP contribution in [-0.4, -0.2) is 36.2 Å². The minimum atomic E-state index is -0.552. The lowest BCUT2D eigenvalue weighted by atomic mass is 9.79. The van der Waals surface area contributed by atoms with Gasteiger partial charge in [-0.15, -0.1) is 0 Å². The highest BCUT2D eigenvalue weighted by molar-refractivity contribution is 5.86. The van der Waals surface area contributed by atoms with E-state index in [9.17, 15) is 14.9 Å². The van der Waals surface area contributed by atoms with E-state index in [0.717, 1.165) is 17.5 Å². The SMILES string of the molecule is Cc1cc2c(cc1/C=N/NC(=O)COc1ccccc1[N+](=O)[O-])C(C)CC(C)(C)N2C. The first-order valence-electron chi connectivity index (χ1n) is 10.2. The zero-order chi connectivity index (χ0) is 22.8. The third kappa shape index (κ3) is 4.84. The van der Waals surface area contributed by atoms with Crippen molar-refractivity contribution >= 4 is 23.5 Å². The number of rotatable bonds is 6. The van der Waals surface area contributed by atoms with Crippen LogP contribution in [0.15, 0.2) is 41.5 Å². The summed E-state index contributed by atoms with van der Waals surface area (Å²) in [7, 11) is 2.12. The van der Waals surface area contributed by atoms with E-state index in [0.29, 0.717) is 5.92 Å². The number of nitro benzene ring substituents is 1. The summed E-state index contributed by atoms with van der Waals surface area (Å²) >= 11 is 0. The fourth-order valence-electron chi connectivity index (χ4n) is 3.95. The minimum Gasteiger partial charge on any atom is -0.477 e. The minimum absolute atomic E-state index is 0.0400. The van der Waals surface area contributed by atoms with Crippen molar-refractivity contribution in [2.75, 3.05) is 18.6 Å². The van der Waals surface area contributed by atoms with Crippen molar-refractivity contribution in [1.82, 2.24) is 5.43 Å². The van der Waals surface area contributed by atoms with Crippen LogP contribution in [0.1, 0.15) is 49.8 Å². The second-order valence-corrected chi connectivity index (χ2v) is 8.55. The van der Waals surface area contributed by atoms with Gasteiger partial charge in [-0.25, -0.2) is 5.43 Å². The monoisotopic (exact) mass is 424 g/mol. The molecule has 0 radical (unpaired) electrons. The molecule has 2 aromatic rings. The van der Waals surface area contributed by atoms with E-state index in [2.05, 4.69) is 55.4 Å². The van der Waals surface area contributed by atoms with Crippen molar-refractivity contribution in [2.45, 2.75) is 45.6 Å². The summed E-state index contributed by atoms with van der Waals surface area (Å²) < 4.78 is 5.27. The number of carbonyl (C=O) groups excluding carboxylic acids is 1. The standard InChI is InChI=1S/C23H28N4O4/c1-15-10-20-18(16(2)12-23(3,4)26(20)5)11-17(15)13-24-25-22(28)14-31-21-9-7-6-8-19(21)27(29)30/h6-11,13,16H,12,14H2,1-5H3,(H,25,28)/b24-13+. The molecular weight excluding hydrogens is 396 g/mol. The van der Waals surface area contributed by atoms with Gasteiger partial charge in [0, 0.05) is 24.3 Å². The number of benzene rings is 2. The number of nitrogens with zero attached hydrogens (tertiary/aromatic N) is 3. The van der Waals surface area contributed by atoms with E-state index >= 15 is 0 Å². The molecule has 0 aromatic heterocycles. The molecule has 31 heavy (non-hydrogen) atoms. The Labute approximate surface area is 182 Å². The maximum absolute atomic E-state index is 12.0. The highest BCUT2D eigenvalue weighted by atomic mass is 16.6. The van der Waals surface area contributed by atoms with Gasteiger partial charge in [-0.3, -0.25) is 14.9 Å². The lowest BCUT2D eigenvalue weighted by Gasteiger charge is -2.45. The van der Waals surface area contributed by atoms with Crippen molar-refractivity contribution in [3.05, 3.63) is 63.2 Å². The Morgan fingerprint density at radius 2 is 2.10 bits per heavy atom. The zero-order valence-electron chi connectivity index (χ0n) is 18.5. The normalized spacial score (nSPS) is 17.3. The fourth-order valence-corrected chi connectivity index (χ4v) is 3.95. The lowest BCUT2D eigenvalue weighted by molar-refractivity contribution is -0.385. The van der Waals surface area contributed by atoms with Crippen LogP contribution in [0, 0.1) is 17.0 Å². The van der Waals surface area contributed by atoms with Gasteiger partial charge in [-0.2, -0.15) is 5.10 Å². The smallest absolute Gasteiger partial charge is 0.310 e. The molecule has 1 unspecified atom stereocenters. The molecule has 164 valence electrons. The van der Waals surface area contributed by atoms with Gasteiger partial charge in [-0.1, -0.05) is 19.1 Å². The van der Waals surface area contributed by atoms with Gasteiger partial charge in [-0.05, 0) is 68.0 Å². The number of amides is 1. The van der Waals surface area contributed by atoms with E-state index in [1.807, 2.05) is 6.92 Å². The summed E-state index contributed by atoms with van der Waals surface area (Å²) in [5.74, 6) is -0.0448. The first-order chi connectivity index (χ1) is 14.6. The van der Waals surface area contributed by atoms with Crippen LogP contribution in [0.3, 0.4) is 0 Å². The van der Waals surface area contributed by atoms with Crippen LogP contribution < -0.4 is 15.1 Å². The third-order valence-electron chi connectivity index (χ3n) is 5.83. The summed E-state index contributed by atoms with van der Waals surface area (Å²) in [6.07, 6.45) is 2.67. The summed E-state index contributed by atoms with van der Waals surface area (Å²) in [6.45, 7) is 8.37. The molecule has 0 fully saturated rings. The van der Waals surface area contributed by atoms with Crippen molar-refractivity contribution < 1.29 is 14.5 Å². The Morgan fingerprint density at radius 1 is 1.39 bits per heavy atom. The van der Waals surface area contributed by atoms with Crippen molar-refractivity contribution in [1.29, 1.82) is 0 Å². The second kappa shape index (κ2) is 8.75. The van der Waals surface area contributed by atoms with Crippen molar-refractivity contribution in [3.8, 4) is 5.75 Å². The number of hydrogen-bond donors (Lipinski definition) is 1. The number of anilines is 1. The van der Waals surface area contributed by atoms with E-state index in [1.165, 1.54) is 29.4 Å². The number of ether oxygens (including phenoxy) is 1. The second-order valence-electron chi connectivity index (χ2n) is 8.55. The highest BCUT2D eigenvalue weighted by Gasteiger charge is 2.34.